The van der Waals surface area contributed by atoms with Crippen LogP contribution in [0.4, 0.5) is 48.3 Å². The van der Waals surface area contributed by atoms with Gasteiger partial charge < -0.3 is 0 Å². The molecule has 0 saturated carbocycles. The minimum Gasteiger partial charge on any atom is -0.293 e. The lowest BCUT2D eigenvalue weighted by molar-refractivity contribution is -0.303. The van der Waals surface area contributed by atoms with Gasteiger partial charge in [0.2, 0.25) is 5.78 Å². The summed E-state index contributed by atoms with van der Waals surface area (Å²) in [4.78, 5) is 11.2. The fourth-order valence-electron chi connectivity index (χ4n) is 1.64. The summed E-state index contributed by atoms with van der Waals surface area (Å²) in [6.07, 6.45) is -1.74. The number of carbonyl (C=O) groups excluding carboxylic acids is 1. The first kappa shape index (κ1) is 28.1. The quantitative estimate of drug-likeness (QED) is 0.220. The lowest BCUT2D eigenvalue weighted by Gasteiger charge is -2.44. The normalized spacial score (nSPS) is 20.9. The Morgan fingerprint density at radius 3 is 1.36 bits per heavy atom. The van der Waals surface area contributed by atoms with Gasteiger partial charge in [0.05, 0.1) is 0 Å². The van der Waals surface area contributed by atoms with Crippen molar-refractivity contribution in [2.75, 3.05) is 0 Å². The Morgan fingerprint density at radius 2 is 1.04 bits per heavy atom. The first-order valence-corrected chi connectivity index (χ1v) is 8.36. The van der Waals surface area contributed by atoms with Crippen molar-refractivity contribution in [3.8, 4) is 0 Å². The van der Waals surface area contributed by atoms with E-state index in [2.05, 4.69) is 46.4 Å². The van der Waals surface area contributed by atoms with Crippen LogP contribution < -0.4 is 0 Å². The van der Waals surface area contributed by atoms with Crippen molar-refractivity contribution >= 4 is 52.2 Å². The van der Waals surface area contributed by atoms with Gasteiger partial charge in [-0.25, -0.2) is 13.2 Å². The Morgan fingerprint density at radius 1 is 0.679 bits per heavy atom. The second-order valence-corrected chi connectivity index (χ2v) is 7.51. The molecule has 0 aromatic heterocycles. The number of hydrogen-bond acceptors (Lipinski definition) is 1. The molecule has 0 aliphatic heterocycles. The van der Waals surface area contributed by atoms with E-state index in [0.29, 0.717) is 0 Å². The molecule has 0 bridgehead atoms. The largest absolute Gasteiger partial charge is 0.375 e. The van der Waals surface area contributed by atoms with Crippen LogP contribution in [0.1, 0.15) is 26.2 Å². The molecule has 1 nitrogen and oxygen atoms in total. The number of halogens is 15. The number of rotatable bonds is 10. The minimum atomic E-state index is -7.08. The molecule has 0 aliphatic rings. The third-order valence-corrected chi connectivity index (χ3v) is 5.22. The minimum absolute atomic E-state index is 0.00182. The Kier molecular flexibility index (Phi) is 7.97. The first-order chi connectivity index (χ1) is 12.0. The third-order valence-electron chi connectivity index (χ3n) is 3.44. The van der Waals surface area contributed by atoms with Gasteiger partial charge in [0.15, 0.2) is 0 Å². The van der Waals surface area contributed by atoms with Crippen molar-refractivity contribution < 1.29 is 53.1 Å². The van der Waals surface area contributed by atoms with Crippen LogP contribution in [-0.4, -0.2) is 44.3 Å². The highest BCUT2D eigenvalue weighted by atomic mass is 35.5. The number of unbranched alkanes of at least 4 members (excludes halogenated alkanes) is 1. The predicted octanol–water partition coefficient (Wildman–Crippen LogP) is 7.20. The summed E-state index contributed by atoms with van der Waals surface area (Å²) < 4.78 is 150. The molecule has 168 valence electrons. The van der Waals surface area contributed by atoms with Crippen LogP contribution in [0.5, 0.6) is 0 Å². The topological polar surface area (TPSA) is 17.1 Å². The Balaban J connectivity index is 6.43. The number of hydrogen-bond donors (Lipinski definition) is 0. The molecule has 0 aromatic rings. The highest BCUT2D eigenvalue weighted by Gasteiger charge is 2.90. The van der Waals surface area contributed by atoms with Gasteiger partial charge in [-0.3, -0.25) is 4.79 Å². The highest BCUT2D eigenvalue weighted by molar-refractivity contribution is 6.34. The van der Waals surface area contributed by atoms with Gasteiger partial charge in [-0.05, 0) is 18.0 Å². The van der Waals surface area contributed by atoms with Crippen LogP contribution >= 0.6 is 46.4 Å². The van der Waals surface area contributed by atoms with Crippen molar-refractivity contribution in [3.05, 3.63) is 0 Å². The number of Topliss-reactive ketones (excluding diaryl/α,β-unsaturated/α-hetero) is 1. The van der Waals surface area contributed by atoms with Gasteiger partial charge in [0.25, 0.3) is 0 Å². The fourth-order valence-corrected chi connectivity index (χ4v) is 2.48. The van der Waals surface area contributed by atoms with E-state index in [4.69, 9.17) is 0 Å². The van der Waals surface area contributed by atoms with Crippen LogP contribution in [0.15, 0.2) is 0 Å². The van der Waals surface area contributed by atoms with Crippen molar-refractivity contribution in [1.82, 2.24) is 0 Å². The Labute approximate surface area is 170 Å². The third kappa shape index (κ3) is 3.99. The molecule has 3 atom stereocenters. The van der Waals surface area contributed by atoms with Crippen molar-refractivity contribution in [2.24, 2.45) is 0 Å². The summed E-state index contributed by atoms with van der Waals surface area (Å²) in [5, 5.41) is -25.4. The van der Waals surface area contributed by atoms with Gasteiger partial charge in [-0.1, -0.05) is 48.1 Å². The van der Waals surface area contributed by atoms with E-state index >= 15 is 0 Å². The molecule has 0 fully saturated rings. The van der Waals surface area contributed by atoms with Crippen LogP contribution in [0.25, 0.3) is 0 Å². The van der Waals surface area contributed by atoms with E-state index in [-0.39, 0.29) is 6.42 Å². The molecule has 0 aliphatic carbocycles. The number of carbonyl (C=O) groups is 1. The predicted molar refractivity (Wildman–Crippen MR) is 79.2 cm³/mol. The lowest BCUT2D eigenvalue weighted by atomic mass is 9.92. The molecular formula is C12H9Cl4F11O. The maximum absolute atomic E-state index is 14.0. The Bertz CT molecular complexity index is 587. The van der Waals surface area contributed by atoms with Crippen molar-refractivity contribution in [3.63, 3.8) is 0 Å². The number of ketones is 1. The van der Waals surface area contributed by atoms with E-state index in [1.807, 2.05) is 0 Å². The number of alkyl halides is 15. The van der Waals surface area contributed by atoms with E-state index in [0.717, 1.165) is 0 Å². The van der Waals surface area contributed by atoms with Crippen molar-refractivity contribution in [1.29, 1.82) is 0 Å². The molecule has 16 heteroatoms. The van der Waals surface area contributed by atoms with Crippen LogP contribution in [0.2, 0.25) is 0 Å². The van der Waals surface area contributed by atoms with Gasteiger partial charge in [0, 0.05) is 6.42 Å². The molecule has 0 spiro atoms. The van der Waals surface area contributed by atoms with Gasteiger partial charge in [-0.2, -0.15) is 35.1 Å². The smallest absolute Gasteiger partial charge is 0.293 e. The van der Waals surface area contributed by atoms with E-state index in [1.54, 1.807) is 0 Å². The van der Waals surface area contributed by atoms with Crippen LogP contribution in [0, 0.1) is 0 Å². The summed E-state index contributed by atoms with van der Waals surface area (Å²) in [7, 11) is 0. The van der Waals surface area contributed by atoms with Crippen molar-refractivity contribution in [2.45, 2.75) is 64.7 Å². The Hall–Kier alpha value is 0.0600. The highest BCUT2D eigenvalue weighted by Crippen LogP contribution is 2.64. The molecule has 0 heterocycles. The molecule has 0 amide bonds. The van der Waals surface area contributed by atoms with Gasteiger partial charge >= 0.3 is 38.5 Å². The zero-order valence-corrected chi connectivity index (χ0v) is 16.2. The van der Waals surface area contributed by atoms with Gasteiger partial charge in [0.1, 0.15) is 0 Å². The molecular weight excluding hydrogens is 511 g/mol. The summed E-state index contributed by atoms with van der Waals surface area (Å²) in [6.45, 7) is 1.32. The summed E-state index contributed by atoms with van der Waals surface area (Å²) in [5.41, 5.74) is 0. The van der Waals surface area contributed by atoms with E-state index in [9.17, 15) is 53.1 Å². The monoisotopic (exact) mass is 518 g/mol. The zero-order chi connectivity index (χ0) is 23.2. The second kappa shape index (κ2) is 7.96. The molecule has 0 aromatic carbocycles. The summed E-state index contributed by atoms with van der Waals surface area (Å²) in [5.74, 6) is -22.9. The van der Waals surface area contributed by atoms with Crippen LogP contribution in [-0.2, 0) is 4.79 Å². The fraction of sp³-hybridized carbons (Fsp3) is 0.917. The molecule has 0 radical (unpaired) electrons. The van der Waals surface area contributed by atoms with E-state index in [1.165, 1.54) is 6.92 Å². The first-order valence-electron chi connectivity index (χ1n) is 6.85. The molecule has 0 rings (SSSR count). The average Bonchev–Trinajstić information content (AvgIpc) is 2.50. The molecule has 0 saturated heterocycles. The average molecular weight is 520 g/mol. The molecule has 3 unspecified atom stereocenters. The van der Waals surface area contributed by atoms with Crippen LogP contribution in [0.3, 0.4) is 0 Å². The summed E-state index contributed by atoms with van der Waals surface area (Å²) >= 11 is 16.1. The standard InChI is InChI=1S/C12H9Cl4F11O/c1-2-3-4-5(28)6(17,18)7(13,19)10(22,23)8(14,20)11(24,25)9(15,21)12(16,26)27/h2-4H2,1H3. The zero-order valence-electron chi connectivity index (χ0n) is 13.2. The summed E-state index contributed by atoms with van der Waals surface area (Å²) in [6, 6.07) is 0. The maximum Gasteiger partial charge on any atom is 0.375 e. The molecule has 28 heavy (non-hydrogen) atoms. The second-order valence-electron chi connectivity index (χ2n) is 5.47. The van der Waals surface area contributed by atoms with Gasteiger partial charge in [-0.15, -0.1) is 0 Å². The SMILES string of the molecule is CCCCC(=O)C(F)(F)C(F)(Cl)C(F)(F)C(F)(Cl)C(F)(F)C(F)(Cl)C(F)(F)Cl. The lowest BCUT2D eigenvalue weighted by Crippen LogP contribution is -2.72. The van der Waals surface area contributed by atoms with E-state index < -0.39 is 57.2 Å². The molecule has 0 N–H and O–H groups in total. The maximum atomic E-state index is 14.0.